The number of rotatable bonds is 3. The van der Waals surface area contributed by atoms with Gasteiger partial charge in [0.05, 0.1) is 31.9 Å². The fourth-order valence-electron chi connectivity index (χ4n) is 6.23. The molecule has 0 saturated heterocycles. The molecular weight excluding hydrogens is 643 g/mol. The van der Waals surface area contributed by atoms with Crippen molar-refractivity contribution in [3.63, 3.8) is 0 Å². The smallest absolute Gasteiger partial charge is 0.260 e. The Hall–Kier alpha value is -4.52. The first-order valence-electron chi connectivity index (χ1n) is 12.6. The third-order valence-electron chi connectivity index (χ3n) is 8.04. The van der Waals surface area contributed by atoms with E-state index in [-0.39, 0.29) is 29.5 Å². The van der Waals surface area contributed by atoms with Crippen molar-refractivity contribution in [2.45, 2.75) is 25.2 Å². The number of benzene rings is 1. The Bertz CT molecular complexity index is 2420. The van der Waals surface area contributed by atoms with Crippen molar-refractivity contribution in [1.29, 1.82) is 0 Å². The Morgan fingerprint density at radius 3 is 2.22 bits per heavy atom. The summed E-state index contributed by atoms with van der Waals surface area (Å²) in [6, 6.07) is 2.60. The number of phenolic OH excluding ortho intramolecular Hbond substituents is 1. The van der Waals surface area contributed by atoms with Crippen LogP contribution in [0.4, 0.5) is 5.69 Å². The van der Waals surface area contributed by atoms with Gasteiger partial charge in [0, 0.05) is 33.3 Å². The minimum Gasteiger partial charge on any atom is -0.510 e. The van der Waals surface area contributed by atoms with Gasteiger partial charge in [0.2, 0.25) is 16.3 Å². The molecule has 0 unspecified atom stereocenters. The molecule has 1 heterocycles. The quantitative estimate of drug-likeness (QED) is 0.156. The number of aromatic hydroxyl groups is 1. The zero-order valence-electron chi connectivity index (χ0n) is 21.6. The van der Waals surface area contributed by atoms with Crippen LogP contribution >= 0.6 is 22.6 Å². The van der Waals surface area contributed by atoms with Crippen LogP contribution in [-0.2, 0) is 11.8 Å². The highest BCUT2D eigenvalue weighted by molar-refractivity contribution is 14.1. The molecule has 0 amide bonds. The van der Waals surface area contributed by atoms with E-state index in [9.17, 15) is 39.3 Å². The van der Waals surface area contributed by atoms with Crippen molar-refractivity contribution in [3.8, 4) is 5.75 Å². The third-order valence-corrected chi connectivity index (χ3v) is 9.27. The number of hydrogen-bond donors (Lipinski definition) is 5. The van der Waals surface area contributed by atoms with E-state index >= 15 is 0 Å². The van der Waals surface area contributed by atoms with Crippen molar-refractivity contribution in [1.82, 2.24) is 4.98 Å². The lowest BCUT2D eigenvalue weighted by molar-refractivity contribution is 0.362. The maximum atomic E-state index is 13.6. The zero-order valence-corrected chi connectivity index (χ0v) is 23.8. The van der Waals surface area contributed by atoms with E-state index in [1.54, 1.807) is 24.3 Å². The molecule has 4 aliphatic carbocycles. The number of phenols is 1. The van der Waals surface area contributed by atoms with E-state index in [2.05, 4.69) is 10.3 Å². The second-order valence-electron chi connectivity index (χ2n) is 10.0. The molecule has 5 N–H and O–H groups in total. The van der Waals surface area contributed by atoms with Crippen molar-refractivity contribution in [2.24, 2.45) is 0 Å². The number of aliphatic hydroxyl groups is 2. The highest BCUT2D eigenvalue weighted by Gasteiger charge is 2.53. The fourth-order valence-corrected chi connectivity index (χ4v) is 7.19. The van der Waals surface area contributed by atoms with Crippen molar-refractivity contribution in [3.05, 3.63) is 123 Å². The van der Waals surface area contributed by atoms with E-state index < -0.39 is 70.8 Å². The van der Waals surface area contributed by atoms with Gasteiger partial charge in [-0.25, -0.2) is 0 Å². The summed E-state index contributed by atoms with van der Waals surface area (Å²) in [4.78, 5) is 68.9. The molecule has 1 aromatic heterocycles. The number of nitrogens with one attached hydrogen (secondary N) is 2. The number of pyridine rings is 1. The average Bonchev–Trinajstić information content (AvgIpc) is 3.45. The third kappa shape index (κ3) is 3.26. The summed E-state index contributed by atoms with van der Waals surface area (Å²) in [7, 11) is 1.38. The van der Waals surface area contributed by atoms with Gasteiger partial charge < -0.3 is 25.6 Å². The number of halogens is 1. The number of allylic oxidation sites excluding steroid dienone is 3. The second kappa shape index (κ2) is 8.99. The van der Waals surface area contributed by atoms with E-state index in [1.807, 2.05) is 35.6 Å². The molecule has 0 fully saturated rings. The molecule has 10 nitrogen and oxygen atoms in total. The lowest BCUT2D eigenvalue weighted by Gasteiger charge is -2.27. The van der Waals surface area contributed by atoms with Crippen LogP contribution in [0.1, 0.15) is 30.2 Å². The van der Waals surface area contributed by atoms with Crippen LogP contribution in [0.3, 0.4) is 0 Å². The standard InChI is InChI=1S/C30H21IN2O8/c1-3-4-5-6-11-9-13-16(29(41)33-11)26(38)21-12(22(13)31)7-8-30(21)27(39)19-20(28(30)40)25(37)18-17(24(19)36)15(34)10-14(32-2)23(18)35/h3-6,9-10,32,38-40H,7-8H2,1-2H3,(H,33,41)/b4-3+,6-5+/t30-/m0/s1. The van der Waals surface area contributed by atoms with E-state index in [0.29, 0.717) is 20.2 Å². The summed E-state index contributed by atoms with van der Waals surface area (Å²) in [6.07, 6.45) is 7.21. The Morgan fingerprint density at radius 1 is 0.927 bits per heavy atom. The first kappa shape index (κ1) is 26.7. The molecule has 11 heteroatoms. The molecule has 4 aliphatic rings. The van der Waals surface area contributed by atoms with Crippen molar-refractivity contribution >= 4 is 56.6 Å². The Morgan fingerprint density at radius 2 is 1.59 bits per heavy atom. The van der Waals surface area contributed by atoms with Gasteiger partial charge in [-0.1, -0.05) is 18.2 Å². The maximum Gasteiger partial charge on any atom is 0.260 e. The number of aromatic nitrogens is 1. The van der Waals surface area contributed by atoms with Gasteiger partial charge in [0.1, 0.15) is 22.7 Å². The second-order valence-corrected chi connectivity index (χ2v) is 11.1. The van der Waals surface area contributed by atoms with Crippen LogP contribution in [0, 0.1) is 14.0 Å². The summed E-state index contributed by atoms with van der Waals surface area (Å²) in [5.74, 6) is -1.95. The summed E-state index contributed by atoms with van der Waals surface area (Å²) < 4.78 is 0.586. The van der Waals surface area contributed by atoms with Gasteiger partial charge in [-0.2, -0.15) is 0 Å². The molecule has 1 aromatic carbocycles. The number of aromatic amines is 1. The predicted molar refractivity (Wildman–Crippen MR) is 163 cm³/mol. The molecular formula is C30H21IN2O8. The Kier molecular flexibility index (Phi) is 5.86. The zero-order chi connectivity index (χ0) is 29.5. The van der Waals surface area contributed by atoms with Crippen LogP contribution < -0.4 is 43.0 Å². The topological polar surface area (TPSA) is 174 Å². The largest absolute Gasteiger partial charge is 0.510 e. The summed E-state index contributed by atoms with van der Waals surface area (Å²) in [6.45, 7) is 1.85. The first-order chi connectivity index (χ1) is 19.5. The van der Waals surface area contributed by atoms with Gasteiger partial charge in [-0.3, -0.25) is 24.0 Å². The normalized spacial score (nSPS) is 18.0. The summed E-state index contributed by atoms with van der Waals surface area (Å²) in [5.41, 5.74) is -5.66. The molecule has 0 saturated carbocycles. The number of aliphatic hydroxyl groups excluding tert-OH is 2. The molecule has 1 spiro atoms. The predicted octanol–water partition coefficient (Wildman–Crippen LogP) is 0.741. The van der Waals surface area contributed by atoms with Crippen LogP contribution in [0.2, 0.25) is 0 Å². The maximum absolute atomic E-state index is 13.6. The number of hydrogen-bond acceptors (Lipinski definition) is 9. The minimum atomic E-state index is -1.93. The number of fused-ring (bicyclic) bond motifs is 4. The number of H-pyrrole nitrogens is 1. The van der Waals surface area contributed by atoms with Gasteiger partial charge in [-0.05, 0) is 60.1 Å². The lowest BCUT2D eigenvalue weighted by atomic mass is 9.78. The van der Waals surface area contributed by atoms with E-state index in [1.165, 1.54) is 7.05 Å². The van der Waals surface area contributed by atoms with Gasteiger partial charge in [-0.15, -0.1) is 0 Å². The van der Waals surface area contributed by atoms with Crippen molar-refractivity contribution in [2.75, 3.05) is 12.4 Å². The van der Waals surface area contributed by atoms with Crippen LogP contribution in [0.5, 0.6) is 5.75 Å². The van der Waals surface area contributed by atoms with Gasteiger partial charge in [0.25, 0.3) is 5.56 Å². The van der Waals surface area contributed by atoms with Gasteiger partial charge in [0.15, 0.2) is 5.43 Å². The summed E-state index contributed by atoms with van der Waals surface area (Å²) in [5, 5.41) is 35.1. The van der Waals surface area contributed by atoms with Crippen LogP contribution in [0.15, 0.2) is 54.3 Å². The molecule has 1 atom stereocenters. The fraction of sp³-hybridized carbons (Fsp3) is 0.167. The molecule has 0 radical (unpaired) electrons. The Labute approximate surface area is 242 Å². The molecule has 41 heavy (non-hydrogen) atoms. The monoisotopic (exact) mass is 664 g/mol. The Balaban J connectivity index is 1.78. The van der Waals surface area contributed by atoms with Crippen molar-refractivity contribution < 1.29 is 15.3 Å². The van der Waals surface area contributed by atoms with Crippen LogP contribution in [0.25, 0.3) is 28.4 Å². The van der Waals surface area contributed by atoms with Crippen LogP contribution in [-0.4, -0.2) is 27.4 Å². The van der Waals surface area contributed by atoms with E-state index in [4.69, 9.17) is 0 Å². The molecule has 6 rings (SSSR count). The lowest BCUT2D eigenvalue weighted by Crippen LogP contribution is -2.52. The number of anilines is 1. The molecule has 0 aliphatic heterocycles. The minimum absolute atomic E-state index is 0.00762. The summed E-state index contributed by atoms with van der Waals surface area (Å²) >= 11 is 2.03. The average molecular weight is 664 g/mol. The molecule has 206 valence electrons. The first-order valence-corrected chi connectivity index (χ1v) is 13.7. The van der Waals surface area contributed by atoms with E-state index in [0.717, 1.165) is 6.07 Å². The highest BCUT2D eigenvalue weighted by Crippen LogP contribution is 2.55. The molecule has 2 aromatic rings. The van der Waals surface area contributed by atoms with Gasteiger partial charge >= 0.3 is 0 Å². The molecule has 0 bridgehead atoms. The highest BCUT2D eigenvalue weighted by atomic mass is 127. The SMILES string of the molecule is C/C=C/C=C/c1cc2c(I)c3c(c(O)c2c(=O)[nH]1)[C@@]1(CC3)C(O)=c2c(=O)c3c(=O)cc(NC)c(=O)c=3c(=O)c2=C1O.